The fourth-order valence-electron chi connectivity index (χ4n) is 6.59. The Balaban J connectivity index is 1.46. The molecule has 0 aromatic heterocycles. The molecule has 0 radical (unpaired) electrons. The van der Waals surface area contributed by atoms with Crippen LogP contribution in [0.4, 0.5) is 0 Å². The molecule has 0 N–H and O–H groups in total. The van der Waals surface area contributed by atoms with Gasteiger partial charge < -0.3 is 0 Å². The van der Waals surface area contributed by atoms with Crippen molar-refractivity contribution in [1.82, 2.24) is 0 Å². The van der Waals surface area contributed by atoms with Crippen LogP contribution in [0.5, 0.6) is 0 Å². The first-order valence-electron chi connectivity index (χ1n) is 8.65. The van der Waals surface area contributed by atoms with E-state index < -0.39 is 0 Å². The molecule has 6 aliphatic rings. The molecule has 0 atom stereocenters. The van der Waals surface area contributed by atoms with Gasteiger partial charge in [-0.05, 0) is 68.6 Å². The second-order valence-electron chi connectivity index (χ2n) is 8.35. The van der Waals surface area contributed by atoms with Crippen molar-refractivity contribution in [2.75, 3.05) is 0 Å². The Bertz CT molecular complexity index is 355. The largest absolute Gasteiger partial charge is 0.229 e. The molecule has 5 aliphatic carbocycles. The zero-order valence-corrected chi connectivity index (χ0v) is 11.9. The predicted octanol–water partition coefficient (Wildman–Crippen LogP) is 4.24. The molecule has 2 heteroatoms. The molecular weight excluding hydrogens is 236 g/mol. The summed E-state index contributed by atoms with van der Waals surface area (Å²) in [5, 5.41) is 0. The van der Waals surface area contributed by atoms with Crippen molar-refractivity contribution in [2.24, 2.45) is 23.7 Å². The molecule has 6 rings (SSSR count). The highest BCUT2D eigenvalue weighted by Crippen LogP contribution is 2.64. The zero-order valence-electron chi connectivity index (χ0n) is 11.9. The lowest BCUT2D eigenvalue weighted by molar-refractivity contribution is -0.384. The Labute approximate surface area is 116 Å². The van der Waals surface area contributed by atoms with E-state index in [0.29, 0.717) is 0 Å². The summed E-state index contributed by atoms with van der Waals surface area (Å²) in [6.45, 7) is 0. The van der Waals surface area contributed by atoms with Crippen molar-refractivity contribution in [3.63, 3.8) is 0 Å². The van der Waals surface area contributed by atoms with E-state index in [1.165, 1.54) is 70.6 Å². The summed E-state index contributed by atoms with van der Waals surface area (Å²) in [5.41, 5.74) is 0.262. The van der Waals surface area contributed by atoms with Crippen LogP contribution in [0.2, 0.25) is 0 Å². The van der Waals surface area contributed by atoms with Crippen LogP contribution < -0.4 is 0 Å². The summed E-state index contributed by atoms with van der Waals surface area (Å²) in [6.07, 6.45) is 15.1. The Morgan fingerprint density at radius 1 is 0.684 bits per heavy atom. The lowest BCUT2D eigenvalue weighted by Gasteiger charge is -2.58. The molecule has 1 saturated heterocycles. The monoisotopic (exact) mass is 262 g/mol. The summed E-state index contributed by atoms with van der Waals surface area (Å²) < 4.78 is 0. The SMILES string of the molecule is C1CCC2(CC1)CC1(OO2)C2CC3CC(C2)CC1C3. The first-order chi connectivity index (χ1) is 9.28. The molecule has 1 aliphatic heterocycles. The normalized spacial score (nSPS) is 54.3. The third kappa shape index (κ3) is 1.51. The van der Waals surface area contributed by atoms with Gasteiger partial charge in [0, 0.05) is 6.42 Å². The molecule has 19 heavy (non-hydrogen) atoms. The topological polar surface area (TPSA) is 18.5 Å². The maximum atomic E-state index is 6.21. The molecule has 0 amide bonds. The highest BCUT2D eigenvalue weighted by molar-refractivity contribution is 5.11. The predicted molar refractivity (Wildman–Crippen MR) is 72.4 cm³/mol. The number of hydrogen-bond donors (Lipinski definition) is 0. The van der Waals surface area contributed by atoms with Crippen LogP contribution in [0.25, 0.3) is 0 Å². The summed E-state index contributed by atoms with van der Waals surface area (Å²) >= 11 is 0. The molecule has 5 saturated carbocycles. The standard InChI is InChI=1S/C17H26O2/c1-2-4-16(5-3-1)11-17(19-18-16)14-7-12-6-13(9-14)10-15(17)8-12/h12-15H,1-11H2. The highest BCUT2D eigenvalue weighted by Gasteiger charge is 2.64. The average Bonchev–Trinajstić information content (AvgIpc) is 2.77. The lowest BCUT2D eigenvalue weighted by Crippen LogP contribution is -2.57. The van der Waals surface area contributed by atoms with Crippen LogP contribution >= 0.6 is 0 Å². The number of hydrogen-bond acceptors (Lipinski definition) is 2. The van der Waals surface area contributed by atoms with Gasteiger partial charge in [-0.1, -0.05) is 19.3 Å². The molecule has 2 spiro atoms. The maximum Gasteiger partial charge on any atom is 0.112 e. The summed E-state index contributed by atoms with van der Waals surface area (Å²) in [4.78, 5) is 12.3. The van der Waals surface area contributed by atoms with Gasteiger partial charge in [-0.25, -0.2) is 9.78 Å². The van der Waals surface area contributed by atoms with E-state index in [0.717, 1.165) is 23.7 Å². The molecule has 0 unspecified atom stereocenters. The minimum atomic E-state index is 0.119. The maximum absolute atomic E-state index is 6.21. The summed E-state index contributed by atoms with van der Waals surface area (Å²) in [6, 6.07) is 0. The van der Waals surface area contributed by atoms with E-state index >= 15 is 0 Å². The van der Waals surface area contributed by atoms with Crippen molar-refractivity contribution in [2.45, 2.75) is 81.8 Å². The molecule has 106 valence electrons. The minimum absolute atomic E-state index is 0.119. The van der Waals surface area contributed by atoms with Crippen molar-refractivity contribution in [1.29, 1.82) is 0 Å². The molecule has 4 bridgehead atoms. The van der Waals surface area contributed by atoms with Crippen LogP contribution in [0.15, 0.2) is 0 Å². The lowest BCUT2D eigenvalue weighted by atomic mass is 9.48. The zero-order chi connectivity index (χ0) is 12.5. The first-order valence-corrected chi connectivity index (χ1v) is 8.65. The van der Waals surface area contributed by atoms with Gasteiger partial charge >= 0.3 is 0 Å². The van der Waals surface area contributed by atoms with E-state index in [2.05, 4.69) is 0 Å². The summed E-state index contributed by atoms with van der Waals surface area (Å²) in [5.74, 6) is 3.70. The first kappa shape index (κ1) is 11.6. The van der Waals surface area contributed by atoms with E-state index in [9.17, 15) is 0 Å². The second kappa shape index (κ2) is 3.76. The van der Waals surface area contributed by atoms with Gasteiger partial charge in [0.2, 0.25) is 0 Å². The van der Waals surface area contributed by atoms with Gasteiger partial charge in [0.05, 0.1) is 0 Å². The second-order valence-corrected chi connectivity index (χ2v) is 8.35. The van der Waals surface area contributed by atoms with Crippen LogP contribution in [-0.2, 0) is 9.78 Å². The van der Waals surface area contributed by atoms with E-state index in [4.69, 9.17) is 9.78 Å². The van der Waals surface area contributed by atoms with Crippen LogP contribution in [0.3, 0.4) is 0 Å². The molecular formula is C17H26O2. The quantitative estimate of drug-likeness (QED) is 0.608. The molecule has 2 nitrogen and oxygen atoms in total. The Morgan fingerprint density at radius 3 is 1.95 bits per heavy atom. The van der Waals surface area contributed by atoms with E-state index in [1.807, 2.05) is 0 Å². The van der Waals surface area contributed by atoms with Gasteiger partial charge in [-0.2, -0.15) is 0 Å². The van der Waals surface area contributed by atoms with Gasteiger partial charge in [0.1, 0.15) is 11.2 Å². The third-order valence-electron chi connectivity index (χ3n) is 7.26. The number of rotatable bonds is 0. The van der Waals surface area contributed by atoms with Crippen molar-refractivity contribution < 1.29 is 9.78 Å². The Morgan fingerprint density at radius 2 is 1.32 bits per heavy atom. The average molecular weight is 262 g/mol. The molecule has 0 aromatic carbocycles. The highest BCUT2D eigenvalue weighted by atomic mass is 17.2. The van der Waals surface area contributed by atoms with Crippen LogP contribution in [-0.4, -0.2) is 11.2 Å². The van der Waals surface area contributed by atoms with Gasteiger partial charge in [-0.3, -0.25) is 0 Å². The fraction of sp³-hybridized carbons (Fsp3) is 1.00. The smallest absolute Gasteiger partial charge is 0.112 e. The summed E-state index contributed by atoms with van der Waals surface area (Å²) in [7, 11) is 0. The van der Waals surface area contributed by atoms with Gasteiger partial charge in [-0.15, -0.1) is 0 Å². The van der Waals surface area contributed by atoms with Crippen molar-refractivity contribution in [3.05, 3.63) is 0 Å². The van der Waals surface area contributed by atoms with Crippen LogP contribution in [0.1, 0.15) is 70.6 Å². The minimum Gasteiger partial charge on any atom is -0.229 e. The Hall–Kier alpha value is -0.0800. The van der Waals surface area contributed by atoms with E-state index in [1.54, 1.807) is 0 Å². The molecule has 1 heterocycles. The third-order valence-corrected chi connectivity index (χ3v) is 7.26. The van der Waals surface area contributed by atoms with Crippen molar-refractivity contribution in [3.8, 4) is 0 Å². The molecule has 6 fully saturated rings. The van der Waals surface area contributed by atoms with Gasteiger partial charge in [0.15, 0.2) is 0 Å². The van der Waals surface area contributed by atoms with Gasteiger partial charge in [0.25, 0.3) is 0 Å². The Kier molecular flexibility index (Phi) is 2.29. The van der Waals surface area contributed by atoms with Crippen molar-refractivity contribution >= 4 is 0 Å². The van der Waals surface area contributed by atoms with Crippen LogP contribution in [0, 0.1) is 23.7 Å². The van der Waals surface area contributed by atoms with E-state index in [-0.39, 0.29) is 11.2 Å². The fourth-order valence-corrected chi connectivity index (χ4v) is 6.59. The molecule has 0 aromatic rings.